The molecule has 1 fully saturated rings. The Hall–Kier alpha value is -2.41. The van der Waals surface area contributed by atoms with Gasteiger partial charge in [-0.3, -0.25) is 9.69 Å². The third-order valence-corrected chi connectivity index (χ3v) is 5.23. The third kappa shape index (κ3) is 4.13. The molecule has 1 aromatic carbocycles. The molecule has 0 saturated carbocycles. The van der Waals surface area contributed by atoms with Gasteiger partial charge in [0.05, 0.1) is 18.3 Å². The van der Waals surface area contributed by atoms with Gasteiger partial charge in [0.25, 0.3) is 0 Å². The van der Waals surface area contributed by atoms with Crippen molar-refractivity contribution in [2.75, 3.05) is 25.0 Å². The van der Waals surface area contributed by atoms with Crippen LogP contribution in [0.25, 0.3) is 10.9 Å². The van der Waals surface area contributed by atoms with E-state index in [0.717, 1.165) is 25.9 Å². The normalized spacial score (nSPS) is 17.0. The summed E-state index contributed by atoms with van der Waals surface area (Å²) in [5, 5.41) is 3.28. The van der Waals surface area contributed by atoms with Crippen molar-refractivity contribution < 1.29 is 18.7 Å². The summed E-state index contributed by atoms with van der Waals surface area (Å²) in [5.41, 5.74) is 0.963. The van der Waals surface area contributed by atoms with Gasteiger partial charge in [0.1, 0.15) is 11.5 Å². The van der Waals surface area contributed by atoms with Gasteiger partial charge in [-0.1, -0.05) is 6.92 Å². The number of esters is 1. The molecule has 1 aliphatic heterocycles. The molecule has 27 heavy (non-hydrogen) atoms. The van der Waals surface area contributed by atoms with Crippen LogP contribution in [0.2, 0.25) is 0 Å². The average molecular weight is 375 g/mol. The minimum atomic E-state index is -0.580. The summed E-state index contributed by atoms with van der Waals surface area (Å²) in [6.45, 7) is 7.71. The minimum absolute atomic E-state index is 0.130. The SMILES string of the molecule is CCOC(=O)c1[nH]c2ccc(F)cc2c1NC(=O)[C@@H](C)N1CCC(C)CC1. The summed E-state index contributed by atoms with van der Waals surface area (Å²) in [5.74, 6) is -0.571. The number of benzene rings is 1. The molecule has 7 heteroatoms. The maximum absolute atomic E-state index is 13.7. The number of H-pyrrole nitrogens is 1. The van der Waals surface area contributed by atoms with Gasteiger partial charge in [-0.2, -0.15) is 0 Å². The van der Waals surface area contributed by atoms with E-state index in [-0.39, 0.29) is 29.9 Å². The molecular weight excluding hydrogens is 349 g/mol. The van der Waals surface area contributed by atoms with Crippen molar-refractivity contribution >= 4 is 28.5 Å². The molecule has 6 nitrogen and oxygen atoms in total. The first-order chi connectivity index (χ1) is 12.9. The number of halogens is 1. The van der Waals surface area contributed by atoms with Crippen LogP contribution in [0.4, 0.5) is 10.1 Å². The number of likely N-dealkylation sites (tertiary alicyclic amines) is 1. The number of ether oxygens (including phenoxy) is 1. The van der Waals surface area contributed by atoms with E-state index in [4.69, 9.17) is 4.74 Å². The first-order valence-corrected chi connectivity index (χ1v) is 9.44. The zero-order valence-electron chi connectivity index (χ0n) is 16.0. The smallest absolute Gasteiger partial charge is 0.356 e. The van der Waals surface area contributed by atoms with Gasteiger partial charge in [-0.25, -0.2) is 9.18 Å². The van der Waals surface area contributed by atoms with Crippen LogP contribution in [0.5, 0.6) is 0 Å². The molecule has 0 radical (unpaired) electrons. The van der Waals surface area contributed by atoms with E-state index in [1.165, 1.54) is 12.1 Å². The largest absolute Gasteiger partial charge is 0.461 e. The number of hydrogen-bond donors (Lipinski definition) is 2. The molecule has 1 aliphatic rings. The molecule has 2 aromatic rings. The Morgan fingerprint density at radius 1 is 1.37 bits per heavy atom. The highest BCUT2D eigenvalue weighted by Gasteiger charge is 2.27. The number of carbonyl (C=O) groups is 2. The number of anilines is 1. The zero-order valence-corrected chi connectivity index (χ0v) is 16.0. The second-order valence-electron chi connectivity index (χ2n) is 7.17. The first-order valence-electron chi connectivity index (χ1n) is 9.44. The van der Waals surface area contributed by atoms with Crippen LogP contribution in [-0.4, -0.2) is 47.5 Å². The summed E-state index contributed by atoms with van der Waals surface area (Å²) in [4.78, 5) is 30.2. The quantitative estimate of drug-likeness (QED) is 0.784. The topological polar surface area (TPSA) is 74.4 Å². The van der Waals surface area contributed by atoms with E-state index < -0.39 is 11.8 Å². The van der Waals surface area contributed by atoms with Crippen LogP contribution < -0.4 is 5.32 Å². The van der Waals surface area contributed by atoms with Gasteiger partial charge < -0.3 is 15.0 Å². The van der Waals surface area contributed by atoms with E-state index >= 15 is 0 Å². The second kappa shape index (κ2) is 8.08. The maximum atomic E-state index is 13.7. The van der Waals surface area contributed by atoms with Crippen molar-refractivity contribution in [3.63, 3.8) is 0 Å². The van der Waals surface area contributed by atoms with E-state index in [2.05, 4.69) is 22.1 Å². The first kappa shape index (κ1) is 19.4. The number of carbonyl (C=O) groups excluding carboxylic acids is 2. The molecule has 2 heterocycles. The van der Waals surface area contributed by atoms with Gasteiger partial charge in [0.2, 0.25) is 5.91 Å². The lowest BCUT2D eigenvalue weighted by atomic mass is 9.98. The Kier molecular flexibility index (Phi) is 5.79. The summed E-state index contributed by atoms with van der Waals surface area (Å²) < 4.78 is 18.8. The number of aromatic nitrogens is 1. The Morgan fingerprint density at radius 2 is 2.07 bits per heavy atom. The van der Waals surface area contributed by atoms with E-state index in [1.807, 2.05) is 6.92 Å². The van der Waals surface area contributed by atoms with Crippen molar-refractivity contribution in [1.82, 2.24) is 9.88 Å². The predicted molar refractivity (Wildman–Crippen MR) is 102 cm³/mol. The monoisotopic (exact) mass is 375 g/mol. The zero-order chi connectivity index (χ0) is 19.6. The van der Waals surface area contributed by atoms with Crippen LogP contribution in [0.15, 0.2) is 18.2 Å². The van der Waals surface area contributed by atoms with Crippen molar-refractivity contribution in [2.24, 2.45) is 5.92 Å². The van der Waals surface area contributed by atoms with Crippen LogP contribution in [0.3, 0.4) is 0 Å². The standard InChI is InChI=1S/C20H26FN3O3/c1-4-27-20(26)18-17(15-11-14(21)5-6-16(15)22-18)23-19(25)13(3)24-9-7-12(2)8-10-24/h5-6,11-13,22H,4,7-10H2,1-3H3,(H,23,25)/t13-/m1/s1. The molecule has 1 saturated heterocycles. The Balaban J connectivity index is 1.87. The van der Waals surface area contributed by atoms with Gasteiger partial charge in [0, 0.05) is 10.9 Å². The summed E-state index contributed by atoms with van der Waals surface area (Å²) >= 11 is 0. The summed E-state index contributed by atoms with van der Waals surface area (Å²) in [6, 6.07) is 3.80. The summed E-state index contributed by atoms with van der Waals surface area (Å²) in [7, 11) is 0. The van der Waals surface area contributed by atoms with Gasteiger partial charge in [0.15, 0.2) is 0 Å². The fourth-order valence-electron chi connectivity index (χ4n) is 3.46. The summed E-state index contributed by atoms with van der Waals surface area (Å²) in [6.07, 6.45) is 2.12. The number of aromatic amines is 1. The lowest BCUT2D eigenvalue weighted by molar-refractivity contribution is -0.121. The Morgan fingerprint density at radius 3 is 2.74 bits per heavy atom. The fraction of sp³-hybridized carbons (Fsp3) is 0.500. The molecular formula is C20H26FN3O3. The number of nitrogens with zero attached hydrogens (tertiary/aromatic N) is 1. The second-order valence-corrected chi connectivity index (χ2v) is 7.17. The van der Waals surface area contributed by atoms with Crippen LogP contribution in [0, 0.1) is 11.7 Å². The Labute approximate surface area is 158 Å². The Bertz CT molecular complexity index is 840. The minimum Gasteiger partial charge on any atom is -0.461 e. The molecule has 3 rings (SSSR count). The molecule has 146 valence electrons. The molecule has 0 spiro atoms. The number of rotatable bonds is 5. The molecule has 1 amide bonds. The van der Waals surface area contributed by atoms with Gasteiger partial charge >= 0.3 is 5.97 Å². The fourth-order valence-corrected chi connectivity index (χ4v) is 3.46. The lowest BCUT2D eigenvalue weighted by Gasteiger charge is -2.34. The van der Waals surface area contributed by atoms with E-state index in [9.17, 15) is 14.0 Å². The number of piperidine rings is 1. The van der Waals surface area contributed by atoms with Gasteiger partial charge in [-0.15, -0.1) is 0 Å². The lowest BCUT2D eigenvalue weighted by Crippen LogP contribution is -2.45. The number of amides is 1. The molecule has 2 N–H and O–H groups in total. The number of nitrogens with one attached hydrogen (secondary N) is 2. The molecule has 0 bridgehead atoms. The molecule has 0 unspecified atom stereocenters. The molecule has 0 aliphatic carbocycles. The van der Waals surface area contributed by atoms with Crippen LogP contribution in [-0.2, 0) is 9.53 Å². The van der Waals surface area contributed by atoms with Crippen molar-refractivity contribution in [1.29, 1.82) is 0 Å². The van der Waals surface area contributed by atoms with Gasteiger partial charge in [-0.05, 0) is 63.9 Å². The van der Waals surface area contributed by atoms with Crippen molar-refractivity contribution in [3.05, 3.63) is 29.7 Å². The van der Waals surface area contributed by atoms with Crippen LogP contribution >= 0.6 is 0 Å². The van der Waals surface area contributed by atoms with Crippen molar-refractivity contribution in [3.8, 4) is 0 Å². The highest BCUT2D eigenvalue weighted by atomic mass is 19.1. The average Bonchev–Trinajstić information content (AvgIpc) is 3.00. The molecule has 1 atom stereocenters. The predicted octanol–water partition coefficient (Wildman–Crippen LogP) is 3.54. The number of hydrogen-bond acceptors (Lipinski definition) is 4. The van der Waals surface area contributed by atoms with E-state index in [1.54, 1.807) is 13.0 Å². The highest BCUT2D eigenvalue weighted by molar-refractivity contribution is 6.11. The molecule has 1 aromatic heterocycles. The van der Waals surface area contributed by atoms with Crippen LogP contribution in [0.1, 0.15) is 44.1 Å². The maximum Gasteiger partial charge on any atom is 0.356 e. The highest BCUT2D eigenvalue weighted by Crippen LogP contribution is 2.30. The van der Waals surface area contributed by atoms with E-state index in [0.29, 0.717) is 16.8 Å². The van der Waals surface area contributed by atoms with Crippen molar-refractivity contribution in [2.45, 2.75) is 39.7 Å². The third-order valence-electron chi connectivity index (χ3n) is 5.23. The number of fused-ring (bicyclic) bond motifs is 1.